The molecule has 0 atom stereocenters. The van der Waals surface area contributed by atoms with E-state index in [0.717, 1.165) is 34.1 Å². The zero-order chi connectivity index (χ0) is 23.8. The standard InChI is InChI=1S/C26H14F6S/c1-33-20-8-6-16(7-9-20)15-2-4-17(5-3-15)18-12-19-14-22(27)21(10-11-26(30,31)32)25(29)24(19)23(28)13-18/h2-9,12-14H,1H3. The molecule has 0 radical (unpaired) electrons. The summed E-state index contributed by atoms with van der Waals surface area (Å²) in [5, 5.41) is -0.730. The van der Waals surface area contributed by atoms with Gasteiger partial charge in [0.2, 0.25) is 0 Å². The average molecular weight is 472 g/mol. The number of alkyl halides is 3. The number of fused-ring (bicyclic) bond motifs is 1. The van der Waals surface area contributed by atoms with Crippen LogP contribution in [0.5, 0.6) is 0 Å². The van der Waals surface area contributed by atoms with Crippen LogP contribution in [0.1, 0.15) is 5.56 Å². The maximum atomic E-state index is 14.8. The van der Waals surface area contributed by atoms with Crippen molar-refractivity contribution in [1.29, 1.82) is 0 Å². The van der Waals surface area contributed by atoms with Gasteiger partial charge in [0.15, 0.2) is 5.82 Å². The minimum absolute atomic E-state index is 0.116. The topological polar surface area (TPSA) is 0 Å². The maximum Gasteiger partial charge on any atom is 0.458 e. The molecule has 0 fully saturated rings. The van der Waals surface area contributed by atoms with Gasteiger partial charge in [0.05, 0.1) is 10.9 Å². The fraction of sp³-hybridized carbons (Fsp3) is 0.0769. The van der Waals surface area contributed by atoms with E-state index in [2.05, 4.69) is 0 Å². The van der Waals surface area contributed by atoms with E-state index in [4.69, 9.17) is 0 Å². The number of rotatable bonds is 3. The summed E-state index contributed by atoms with van der Waals surface area (Å²) in [7, 11) is 0. The molecule has 0 heterocycles. The van der Waals surface area contributed by atoms with Crippen molar-refractivity contribution in [2.75, 3.05) is 6.26 Å². The van der Waals surface area contributed by atoms with Crippen molar-refractivity contribution >= 4 is 22.5 Å². The van der Waals surface area contributed by atoms with Crippen LogP contribution in [0.15, 0.2) is 71.6 Å². The molecular weight excluding hydrogens is 458 g/mol. The Morgan fingerprint density at radius 3 is 1.79 bits per heavy atom. The molecule has 0 aromatic heterocycles. The Labute approximate surface area is 190 Å². The number of thioether (sulfide) groups is 1. The first-order valence-corrected chi connectivity index (χ1v) is 10.8. The van der Waals surface area contributed by atoms with Crippen molar-refractivity contribution in [3.05, 3.63) is 89.7 Å². The van der Waals surface area contributed by atoms with Gasteiger partial charge in [-0.05, 0) is 64.2 Å². The molecule has 0 bridgehead atoms. The van der Waals surface area contributed by atoms with Crippen LogP contribution in [0, 0.1) is 29.3 Å². The van der Waals surface area contributed by atoms with Gasteiger partial charge in [0.1, 0.15) is 11.6 Å². The van der Waals surface area contributed by atoms with E-state index in [1.807, 2.05) is 42.7 Å². The third-order valence-corrected chi connectivity index (χ3v) is 5.80. The van der Waals surface area contributed by atoms with E-state index in [9.17, 15) is 26.3 Å². The second-order valence-corrected chi connectivity index (χ2v) is 8.04. The van der Waals surface area contributed by atoms with Crippen molar-refractivity contribution < 1.29 is 26.3 Å². The molecule has 0 amide bonds. The van der Waals surface area contributed by atoms with E-state index < -0.39 is 34.6 Å². The minimum Gasteiger partial charge on any atom is -0.206 e. The molecule has 4 rings (SSSR count). The largest absolute Gasteiger partial charge is 0.458 e. The highest BCUT2D eigenvalue weighted by Crippen LogP contribution is 2.32. The molecular formula is C26H14F6S. The third-order valence-electron chi connectivity index (χ3n) is 5.05. The molecule has 4 aromatic rings. The molecule has 0 aliphatic carbocycles. The van der Waals surface area contributed by atoms with Gasteiger partial charge >= 0.3 is 6.18 Å². The number of halogens is 6. The summed E-state index contributed by atoms with van der Waals surface area (Å²) >= 11 is 1.63. The van der Waals surface area contributed by atoms with Crippen LogP contribution in [0.25, 0.3) is 33.0 Å². The van der Waals surface area contributed by atoms with Crippen LogP contribution < -0.4 is 0 Å². The Balaban J connectivity index is 1.73. The predicted molar refractivity (Wildman–Crippen MR) is 119 cm³/mol. The number of hydrogen-bond donors (Lipinski definition) is 0. The van der Waals surface area contributed by atoms with Crippen LogP contribution >= 0.6 is 11.8 Å². The molecule has 0 spiro atoms. The van der Waals surface area contributed by atoms with Crippen molar-refractivity contribution in [3.8, 4) is 34.1 Å². The highest BCUT2D eigenvalue weighted by Gasteiger charge is 2.24. The van der Waals surface area contributed by atoms with E-state index in [0.29, 0.717) is 11.1 Å². The van der Waals surface area contributed by atoms with Crippen LogP contribution in [-0.2, 0) is 0 Å². The molecule has 0 aliphatic rings. The summed E-state index contributed by atoms with van der Waals surface area (Å²) in [5.41, 5.74) is 1.81. The molecule has 0 unspecified atom stereocenters. The van der Waals surface area contributed by atoms with Crippen LogP contribution in [0.2, 0.25) is 0 Å². The Bertz CT molecular complexity index is 1390. The van der Waals surface area contributed by atoms with Gasteiger partial charge < -0.3 is 0 Å². The monoisotopic (exact) mass is 472 g/mol. The second kappa shape index (κ2) is 8.87. The first kappa shape index (κ1) is 22.8. The summed E-state index contributed by atoms with van der Waals surface area (Å²) in [6.45, 7) is 0. The zero-order valence-corrected chi connectivity index (χ0v) is 17.8. The first-order valence-electron chi connectivity index (χ1n) is 9.62. The normalized spacial score (nSPS) is 11.4. The molecule has 0 saturated carbocycles. The molecule has 33 heavy (non-hydrogen) atoms. The smallest absolute Gasteiger partial charge is 0.206 e. The molecule has 0 nitrogen and oxygen atoms in total. The van der Waals surface area contributed by atoms with E-state index >= 15 is 0 Å². The summed E-state index contributed by atoms with van der Waals surface area (Å²) in [6, 6.07) is 18.4. The molecule has 7 heteroatoms. The predicted octanol–water partition coefficient (Wildman–Crippen LogP) is 8.23. The summed E-state index contributed by atoms with van der Waals surface area (Å²) in [5.74, 6) is -1.54. The van der Waals surface area contributed by atoms with Crippen LogP contribution in [-0.4, -0.2) is 12.4 Å². The highest BCUT2D eigenvalue weighted by molar-refractivity contribution is 7.98. The Kier molecular flexibility index (Phi) is 6.13. The number of hydrogen-bond acceptors (Lipinski definition) is 1. The van der Waals surface area contributed by atoms with Crippen LogP contribution in [0.4, 0.5) is 26.3 Å². The average Bonchev–Trinajstić information content (AvgIpc) is 2.78. The van der Waals surface area contributed by atoms with Gasteiger partial charge in [-0.25, -0.2) is 13.2 Å². The number of benzene rings is 4. The Morgan fingerprint density at radius 1 is 0.697 bits per heavy atom. The Morgan fingerprint density at radius 2 is 1.24 bits per heavy atom. The maximum absolute atomic E-state index is 14.8. The van der Waals surface area contributed by atoms with Crippen molar-refractivity contribution in [1.82, 2.24) is 0 Å². The molecule has 4 aromatic carbocycles. The molecule has 0 aliphatic heterocycles. The lowest BCUT2D eigenvalue weighted by molar-refractivity contribution is -0.0696. The van der Waals surface area contributed by atoms with E-state index in [1.54, 1.807) is 23.9 Å². The van der Waals surface area contributed by atoms with Gasteiger partial charge in [0.25, 0.3) is 0 Å². The lowest BCUT2D eigenvalue weighted by Gasteiger charge is -2.10. The van der Waals surface area contributed by atoms with Crippen LogP contribution in [0.3, 0.4) is 0 Å². The van der Waals surface area contributed by atoms with Crippen molar-refractivity contribution in [2.24, 2.45) is 0 Å². The first-order chi connectivity index (χ1) is 15.7. The zero-order valence-electron chi connectivity index (χ0n) is 17.0. The van der Waals surface area contributed by atoms with E-state index in [-0.39, 0.29) is 5.39 Å². The van der Waals surface area contributed by atoms with E-state index in [1.165, 1.54) is 12.0 Å². The summed E-state index contributed by atoms with van der Waals surface area (Å²) in [4.78, 5) is 1.13. The minimum atomic E-state index is -4.93. The van der Waals surface area contributed by atoms with Gasteiger partial charge in [0, 0.05) is 10.8 Å². The van der Waals surface area contributed by atoms with Gasteiger partial charge in [-0.15, -0.1) is 11.8 Å². The lowest BCUT2D eigenvalue weighted by Crippen LogP contribution is -2.03. The fourth-order valence-corrected chi connectivity index (χ4v) is 3.87. The summed E-state index contributed by atoms with van der Waals surface area (Å²) < 4.78 is 80.6. The van der Waals surface area contributed by atoms with Crippen molar-refractivity contribution in [3.63, 3.8) is 0 Å². The molecule has 166 valence electrons. The fourth-order valence-electron chi connectivity index (χ4n) is 3.47. The second-order valence-electron chi connectivity index (χ2n) is 7.16. The highest BCUT2D eigenvalue weighted by atomic mass is 32.2. The van der Waals surface area contributed by atoms with Gasteiger partial charge in [-0.3, -0.25) is 0 Å². The molecule has 0 saturated heterocycles. The summed E-state index contributed by atoms with van der Waals surface area (Å²) in [6.07, 6.45) is -2.94. The SMILES string of the molecule is CSc1ccc(-c2ccc(-c3cc(F)c4c(F)c(C#CC(F)(F)F)c(F)cc4c3)cc2)cc1. The van der Waals surface area contributed by atoms with Gasteiger partial charge in [-0.1, -0.05) is 42.3 Å². The molecule has 0 N–H and O–H groups in total. The lowest BCUT2D eigenvalue weighted by atomic mass is 9.97. The quantitative estimate of drug-likeness (QED) is 0.164. The van der Waals surface area contributed by atoms with Gasteiger partial charge in [-0.2, -0.15) is 13.2 Å². The Hall–Kier alpha value is -3.37. The third kappa shape index (κ3) is 4.86. The van der Waals surface area contributed by atoms with Crippen molar-refractivity contribution in [2.45, 2.75) is 11.1 Å².